The molecule has 0 unspecified atom stereocenters. The monoisotopic (exact) mass is 327 g/mol. The molecular formula is C14H14ClNO4S. The molecule has 1 N–H and O–H groups in total. The van der Waals surface area contributed by atoms with Crippen LogP contribution in [-0.4, -0.2) is 22.6 Å². The van der Waals surface area contributed by atoms with E-state index in [-0.39, 0.29) is 10.6 Å². The van der Waals surface area contributed by atoms with Crippen LogP contribution in [-0.2, 0) is 10.0 Å². The zero-order chi connectivity index (χ0) is 15.5. The lowest BCUT2D eigenvalue weighted by Crippen LogP contribution is -2.14. The van der Waals surface area contributed by atoms with Crippen LogP contribution >= 0.6 is 11.6 Å². The van der Waals surface area contributed by atoms with E-state index in [1.165, 1.54) is 26.4 Å². The molecule has 7 heteroatoms. The van der Waals surface area contributed by atoms with Crippen LogP contribution in [0.25, 0.3) is 0 Å². The van der Waals surface area contributed by atoms with Crippen molar-refractivity contribution in [3.05, 3.63) is 47.5 Å². The third kappa shape index (κ3) is 3.59. The molecule has 0 bridgehead atoms. The third-order valence-corrected chi connectivity index (χ3v) is 4.37. The second-order valence-corrected chi connectivity index (χ2v) is 6.22. The van der Waals surface area contributed by atoms with Gasteiger partial charge in [0.15, 0.2) is 0 Å². The van der Waals surface area contributed by atoms with Crippen LogP contribution in [0.1, 0.15) is 0 Å². The summed E-state index contributed by atoms with van der Waals surface area (Å²) in [7, 11) is -0.914. The summed E-state index contributed by atoms with van der Waals surface area (Å²) < 4.78 is 37.5. The maximum atomic E-state index is 12.4. The molecule has 0 aliphatic rings. The highest BCUT2D eigenvalue weighted by Gasteiger charge is 2.20. The smallest absolute Gasteiger partial charge is 0.265 e. The minimum atomic E-state index is -3.82. The van der Waals surface area contributed by atoms with Gasteiger partial charge in [-0.1, -0.05) is 17.7 Å². The Morgan fingerprint density at radius 2 is 1.81 bits per heavy atom. The summed E-state index contributed by atoms with van der Waals surface area (Å²) in [6, 6.07) is 11.0. The van der Waals surface area contributed by atoms with Crippen molar-refractivity contribution in [1.82, 2.24) is 0 Å². The van der Waals surface area contributed by atoms with Gasteiger partial charge in [0.1, 0.15) is 16.4 Å². The predicted molar refractivity (Wildman–Crippen MR) is 81.8 cm³/mol. The molecule has 2 rings (SSSR count). The largest absolute Gasteiger partial charge is 0.497 e. The molecule has 2 aromatic rings. The number of rotatable bonds is 5. The number of hydrogen-bond acceptors (Lipinski definition) is 4. The van der Waals surface area contributed by atoms with Crippen LogP contribution in [0, 0.1) is 0 Å². The van der Waals surface area contributed by atoms with Gasteiger partial charge < -0.3 is 9.47 Å². The van der Waals surface area contributed by atoms with Crippen molar-refractivity contribution in [2.24, 2.45) is 0 Å². The predicted octanol–water partition coefficient (Wildman–Crippen LogP) is 3.16. The molecule has 0 spiro atoms. The second-order valence-electron chi connectivity index (χ2n) is 4.13. The molecule has 0 saturated carbocycles. The summed E-state index contributed by atoms with van der Waals surface area (Å²) in [6.45, 7) is 0. The first kappa shape index (κ1) is 15.5. The number of hydrogen-bond donors (Lipinski definition) is 1. The van der Waals surface area contributed by atoms with Crippen LogP contribution in [0.15, 0.2) is 47.4 Å². The molecule has 0 radical (unpaired) electrons. The SMILES string of the molecule is COc1cccc(NS(=O)(=O)c2cc(Cl)ccc2OC)c1. The van der Waals surface area contributed by atoms with Gasteiger partial charge in [0.25, 0.3) is 10.0 Å². The van der Waals surface area contributed by atoms with Gasteiger partial charge in [0.2, 0.25) is 0 Å². The molecule has 0 heterocycles. The highest BCUT2D eigenvalue weighted by Crippen LogP contribution is 2.29. The van der Waals surface area contributed by atoms with Crippen molar-refractivity contribution in [2.75, 3.05) is 18.9 Å². The van der Waals surface area contributed by atoms with Gasteiger partial charge in [-0.2, -0.15) is 0 Å². The molecule has 0 aliphatic heterocycles. The average molecular weight is 328 g/mol. The Hall–Kier alpha value is -1.92. The summed E-state index contributed by atoms with van der Waals surface area (Å²) in [4.78, 5) is -0.0275. The summed E-state index contributed by atoms with van der Waals surface area (Å²) in [5.74, 6) is 0.767. The van der Waals surface area contributed by atoms with Gasteiger partial charge in [-0.15, -0.1) is 0 Å². The number of methoxy groups -OCH3 is 2. The van der Waals surface area contributed by atoms with E-state index < -0.39 is 10.0 Å². The molecule has 21 heavy (non-hydrogen) atoms. The van der Waals surface area contributed by atoms with Crippen LogP contribution in [0.3, 0.4) is 0 Å². The van der Waals surface area contributed by atoms with Gasteiger partial charge in [-0.05, 0) is 30.3 Å². The summed E-state index contributed by atoms with van der Waals surface area (Å²) >= 11 is 5.86. The Kier molecular flexibility index (Phi) is 4.59. The minimum Gasteiger partial charge on any atom is -0.497 e. The van der Waals surface area contributed by atoms with Gasteiger partial charge in [-0.3, -0.25) is 4.72 Å². The number of nitrogens with one attached hydrogen (secondary N) is 1. The topological polar surface area (TPSA) is 64.6 Å². The van der Waals surface area contributed by atoms with Crippen LogP contribution < -0.4 is 14.2 Å². The summed E-state index contributed by atoms with van der Waals surface area (Å²) in [6.07, 6.45) is 0. The Balaban J connectivity index is 2.40. The molecule has 0 aromatic heterocycles. The van der Waals surface area contributed by atoms with Crippen molar-refractivity contribution in [1.29, 1.82) is 0 Å². The standard InChI is InChI=1S/C14H14ClNO4S/c1-19-12-5-3-4-11(9-12)16-21(17,18)14-8-10(15)6-7-13(14)20-2/h3-9,16H,1-2H3. The fourth-order valence-electron chi connectivity index (χ4n) is 1.76. The molecule has 0 saturated heterocycles. The molecule has 0 aliphatic carbocycles. The second kappa shape index (κ2) is 6.24. The van der Waals surface area contributed by atoms with E-state index in [2.05, 4.69) is 4.72 Å². The fraction of sp³-hybridized carbons (Fsp3) is 0.143. The van der Waals surface area contributed by atoms with E-state index in [4.69, 9.17) is 21.1 Å². The zero-order valence-corrected chi connectivity index (χ0v) is 13.0. The van der Waals surface area contributed by atoms with Crippen molar-refractivity contribution in [3.8, 4) is 11.5 Å². The Morgan fingerprint density at radius 3 is 2.48 bits per heavy atom. The average Bonchev–Trinajstić information content (AvgIpc) is 2.47. The Bertz CT molecular complexity index is 746. The molecule has 112 valence electrons. The van der Waals surface area contributed by atoms with Crippen molar-refractivity contribution >= 4 is 27.3 Å². The number of sulfonamides is 1. The number of ether oxygens (including phenoxy) is 2. The highest BCUT2D eigenvalue weighted by atomic mass is 35.5. The molecular weight excluding hydrogens is 314 g/mol. The zero-order valence-electron chi connectivity index (χ0n) is 11.5. The lowest BCUT2D eigenvalue weighted by Gasteiger charge is -2.12. The Morgan fingerprint density at radius 1 is 1.05 bits per heavy atom. The van der Waals surface area contributed by atoms with Gasteiger partial charge in [0.05, 0.1) is 19.9 Å². The normalized spacial score (nSPS) is 11.0. The van der Waals surface area contributed by atoms with E-state index >= 15 is 0 Å². The third-order valence-electron chi connectivity index (χ3n) is 2.74. The number of anilines is 1. The molecule has 2 aromatic carbocycles. The van der Waals surface area contributed by atoms with Crippen molar-refractivity contribution < 1.29 is 17.9 Å². The van der Waals surface area contributed by atoms with E-state index in [9.17, 15) is 8.42 Å². The van der Waals surface area contributed by atoms with E-state index in [0.717, 1.165) is 0 Å². The van der Waals surface area contributed by atoms with E-state index in [0.29, 0.717) is 16.5 Å². The van der Waals surface area contributed by atoms with Crippen LogP contribution in [0.4, 0.5) is 5.69 Å². The molecule has 5 nitrogen and oxygen atoms in total. The Labute approximate surface area is 128 Å². The summed E-state index contributed by atoms with van der Waals surface area (Å²) in [5, 5.41) is 0.307. The first-order valence-corrected chi connectivity index (χ1v) is 7.83. The molecule has 0 amide bonds. The maximum Gasteiger partial charge on any atom is 0.265 e. The fourth-order valence-corrected chi connectivity index (χ4v) is 3.24. The van der Waals surface area contributed by atoms with E-state index in [1.54, 1.807) is 30.3 Å². The van der Waals surface area contributed by atoms with Crippen molar-refractivity contribution in [3.63, 3.8) is 0 Å². The van der Waals surface area contributed by atoms with Crippen molar-refractivity contribution in [2.45, 2.75) is 4.90 Å². The molecule has 0 fully saturated rings. The lowest BCUT2D eigenvalue weighted by molar-refractivity contribution is 0.403. The summed E-state index contributed by atoms with van der Waals surface area (Å²) in [5.41, 5.74) is 0.386. The number of benzene rings is 2. The van der Waals surface area contributed by atoms with Crippen LogP contribution in [0.2, 0.25) is 5.02 Å². The highest BCUT2D eigenvalue weighted by molar-refractivity contribution is 7.92. The lowest BCUT2D eigenvalue weighted by atomic mass is 10.3. The molecule has 0 atom stereocenters. The van der Waals surface area contributed by atoms with Gasteiger partial charge in [0, 0.05) is 11.1 Å². The van der Waals surface area contributed by atoms with Gasteiger partial charge in [-0.25, -0.2) is 8.42 Å². The van der Waals surface area contributed by atoms with Crippen LogP contribution in [0.5, 0.6) is 11.5 Å². The quantitative estimate of drug-likeness (QED) is 0.916. The van der Waals surface area contributed by atoms with E-state index in [1.807, 2.05) is 0 Å². The first-order chi connectivity index (χ1) is 9.96. The first-order valence-electron chi connectivity index (χ1n) is 5.96. The minimum absolute atomic E-state index is 0.0275. The van der Waals surface area contributed by atoms with Gasteiger partial charge >= 0.3 is 0 Å². The number of halogens is 1. The maximum absolute atomic E-state index is 12.4.